The van der Waals surface area contributed by atoms with E-state index in [4.69, 9.17) is 4.74 Å². The Kier molecular flexibility index (Phi) is 11.2. The van der Waals surface area contributed by atoms with Gasteiger partial charge in [-0.2, -0.15) is 0 Å². The van der Waals surface area contributed by atoms with E-state index in [9.17, 15) is 4.79 Å². The van der Waals surface area contributed by atoms with Gasteiger partial charge in [0.05, 0.1) is 6.54 Å². The van der Waals surface area contributed by atoms with Crippen molar-refractivity contribution in [2.45, 2.75) is 65.3 Å². The van der Waals surface area contributed by atoms with Crippen LogP contribution in [0.25, 0.3) is 0 Å². The Labute approximate surface area is 175 Å². The Morgan fingerprint density at radius 1 is 1.14 bits per heavy atom. The molecule has 0 aromatic heterocycles. The number of hydrogen-bond acceptors (Lipinski definition) is 3. The molecule has 0 spiro atoms. The Hall–Kier alpha value is -2.08. The number of carbonyl (C=O) groups excluding carboxylic acids is 1. The fourth-order valence-electron chi connectivity index (χ4n) is 3.55. The third-order valence-electron chi connectivity index (χ3n) is 5.15. The lowest BCUT2D eigenvalue weighted by atomic mass is 9.88. The number of anilines is 1. The third kappa shape index (κ3) is 9.31. The van der Waals surface area contributed by atoms with Crippen molar-refractivity contribution in [1.29, 1.82) is 0 Å². The lowest BCUT2D eigenvalue weighted by Crippen LogP contribution is -2.37. The van der Waals surface area contributed by atoms with Gasteiger partial charge in [-0.1, -0.05) is 31.4 Å². The van der Waals surface area contributed by atoms with Crippen molar-refractivity contribution < 1.29 is 9.53 Å². The van der Waals surface area contributed by atoms with Gasteiger partial charge in [-0.05, 0) is 57.2 Å². The zero-order valence-electron chi connectivity index (χ0n) is 18.1. The molecule has 0 aliphatic heterocycles. The van der Waals surface area contributed by atoms with Gasteiger partial charge in [0.15, 0.2) is 5.96 Å². The lowest BCUT2D eigenvalue weighted by molar-refractivity contribution is -0.120. The summed E-state index contributed by atoms with van der Waals surface area (Å²) < 4.78 is 5.37. The van der Waals surface area contributed by atoms with Crippen LogP contribution < -0.4 is 16.0 Å². The Morgan fingerprint density at radius 2 is 1.97 bits per heavy atom. The molecule has 2 rings (SSSR count). The van der Waals surface area contributed by atoms with Crippen molar-refractivity contribution in [2.24, 2.45) is 10.9 Å². The van der Waals surface area contributed by atoms with Crippen molar-refractivity contribution in [2.75, 3.05) is 31.6 Å². The van der Waals surface area contributed by atoms with E-state index in [2.05, 4.69) is 27.9 Å². The van der Waals surface area contributed by atoms with E-state index in [-0.39, 0.29) is 11.8 Å². The predicted octanol–water partition coefficient (Wildman–Crippen LogP) is 4.08. The number of amides is 1. The molecule has 0 heterocycles. The molecule has 1 amide bonds. The van der Waals surface area contributed by atoms with E-state index in [0.29, 0.717) is 6.54 Å². The highest BCUT2D eigenvalue weighted by molar-refractivity contribution is 5.92. The summed E-state index contributed by atoms with van der Waals surface area (Å²) in [5.74, 6) is 1.14. The molecule has 6 heteroatoms. The summed E-state index contributed by atoms with van der Waals surface area (Å²) >= 11 is 0. The average Bonchev–Trinajstić information content (AvgIpc) is 2.75. The SMILES string of the molecule is CCNC(=NCc1cccc(NC(=O)C2CCCCC2)c1)NCCCCOCC. The first-order valence-corrected chi connectivity index (χ1v) is 11.2. The van der Waals surface area contributed by atoms with Gasteiger partial charge in [0.25, 0.3) is 0 Å². The maximum atomic E-state index is 12.5. The van der Waals surface area contributed by atoms with Gasteiger partial charge in [0.2, 0.25) is 5.91 Å². The number of nitrogens with zero attached hydrogens (tertiary/aromatic N) is 1. The number of benzene rings is 1. The maximum absolute atomic E-state index is 12.5. The number of nitrogens with one attached hydrogen (secondary N) is 3. The number of unbranched alkanes of at least 4 members (excludes halogenated alkanes) is 1. The van der Waals surface area contributed by atoms with E-state index in [1.165, 1.54) is 19.3 Å². The summed E-state index contributed by atoms with van der Waals surface area (Å²) in [6, 6.07) is 8.01. The molecule has 0 saturated heterocycles. The first-order chi connectivity index (χ1) is 14.2. The van der Waals surface area contributed by atoms with Crippen LogP contribution in [-0.2, 0) is 16.1 Å². The normalized spacial score (nSPS) is 15.2. The van der Waals surface area contributed by atoms with Crippen LogP contribution in [0.1, 0.15) is 64.4 Å². The van der Waals surface area contributed by atoms with Crippen LogP contribution in [0.2, 0.25) is 0 Å². The second-order valence-corrected chi connectivity index (χ2v) is 7.55. The Bertz CT molecular complexity index is 627. The number of ether oxygens (including phenoxy) is 1. The number of guanidine groups is 1. The minimum atomic E-state index is 0.160. The van der Waals surface area contributed by atoms with Gasteiger partial charge >= 0.3 is 0 Å². The van der Waals surface area contributed by atoms with Crippen LogP contribution in [0, 0.1) is 5.92 Å². The molecule has 0 radical (unpaired) electrons. The summed E-state index contributed by atoms with van der Waals surface area (Å²) in [7, 11) is 0. The minimum Gasteiger partial charge on any atom is -0.382 e. The van der Waals surface area contributed by atoms with Crippen LogP contribution in [0.5, 0.6) is 0 Å². The van der Waals surface area contributed by atoms with Crippen LogP contribution in [0.15, 0.2) is 29.3 Å². The molecule has 1 fully saturated rings. The molecule has 1 aromatic rings. The molecular formula is C23H38N4O2. The van der Waals surface area contributed by atoms with E-state index in [0.717, 1.165) is 69.2 Å². The third-order valence-corrected chi connectivity index (χ3v) is 5.15. The Morgan fingerprint density at radius 3 is 2.72 bits per heavy atom. The monoisotopic (exact) mass is 402 g/mol. The lowest BCUT2D eigenvalue weighted by Gasteiger charge is -2.20. The second-order valence-electron chi connectivity index (χ2n) is 7.55. The highest BCUT2D eigenvalue weighted by atomic mass is 16.5. The summed E-state index contributed by atoms with van der Waals surface area (Å²) in [6.07, 6.45) is 7.70. The molecule has 0 bridgehead atoms. The quantitative estimate of drug-likeness (QED) is 0.296. The highest BCUT2D eigenvalue weighted by Crippen LogP contribution is 2.25. The highest BCUT2D eigenvalue weighted by Gasteiger charge is 2.20. The molecule has 6 nitrogen and oxygen atoms in total. The zero-order valence-corrected chi connectivity index (χ0v) is 18.1. The molecule has 3 N–H and O–H groups in total. The molecular weight excluding hydrogens is 364 g/mol. The summed E-state index contributed by atoms with van der Waals surface area (Å²) in [6.45, 7) is 7.93. The Balaban J connectivity index is 1.83. The summed E-state index contributed by atoms with van der Waals surface area (Å²) in [5, 5.41) is 9.75. The van der Waals surface area contributed by atoms with E-state index in [1.807, 2.05) is 31.2 Å². The zero-order chi connectivity index (χ0) is 20.7. The first kappa shape index (κ1) is 23.2. The second kappa shape index (κ2) is 14.0. The van der Waals surface area contributed by atoms with Gasteiger partial charge < -0.3 is 20.7 Å². The molecule has 1 aliphatic carbocycles. The maximum Gasteiger partial charge on any atom is 0.227 e. The topological polar surface area (TPSA) is 74.8 Å². The first-order valence-electron chi connectivity index (χ1n) is 11.2. The van der Waals surface area contributed by atoms with Crippen LogP contribution in [0.4, 0.5) is 5.69 Å². The molecule has 0 unspecified atom stereocenters. The van der Waals surface area contributed by atoms with E-state index < -0.39 is 0 Å². The fraction of sp³-hybridized carbons (Fsp3) is 0.652. The number of hydrogen-bond donors (Lipinski definition) is 3. The average molecular weight is 403 g/mol. The van der Waals surface area contributed by atoms with Crippen LogP contribution >= 0.6 is 0 Å². The van der Waals surface area contributed by atoms with E-state index >= 15 is 0 Å². The van der Waals surface area contributed by atoms with Crippen molar-refractivity contribution in [3.05, 3.63) is 29.8 Å². The number of aliphatic imine (C=N–C) groups is 1. The van der Waals surface area contributed by atoms with Gasteiger partial charge in [-0.15, -0.1) is 0 Å². The molecule has 29 heavy (non-hydrogen) atoms. The minimum absolute atomic E-state index is 0.160. The van der Waals surface area contributed by atoms with Crippen molar-refractivity contribution in [3.63, 3.8) is 0 Å². The van der Waals surface area contributed by atoms with Crippen molar-refractivity contribution >= 4 is 17.6 Å². The number of carbonyl (C=O) groups is 1. The van der Waals surface area contributed by atoms with Crippen molar-refractivity contribution in [1.82, 2.24) is 10.6 Å². The summed E-state index contributed by atoms with van der Waals surface area (Å²) in [4.78, 5) is 17.2. The van der Waals surface area contributed by atoms with Gasteiger partial charge in [0, 0.05) is 37.9 Å². The standard InChI is InChI=1S/C23H38N4O2/c1-3-24-23(25-15-8-9-16-29-4-2)26-18-19-11-10-14-21(17-19)27-22(28)20-12-6-5-7-13-20/h10-11,14,17,20H,3-9,12-13,15-16,18H2,1-2H3,(H,27,28)(H2,24,25,26). The fourth-order valence-corrected chi connectivity index (χ4v) is 3.55. The smallest absolute Gasteiger partial charge is 0.227 e. The molecule has 1 aromatic carbocycles. The number of rotatable bonds is 11. The van der Waals surface area contributed by atoms with Crippen LogP contribution in [-0.4, -0.2) is 38.2 Å². The van der Waals surface area contributed by atoms with Gasteiger partial charge in [-0.25, -0.2) is 4.99 Å². The molecule has 162 valence electrons. The van der Waals surface area contributed by atoms with E-state index in [1.54, 1.807) is 0 Å². The largest absolute Gasteiger partial charge is 0.382 e. The van der Waals surface area contributed by atoms with Crippen molar-refractivity contribution in [3.8, 4) is 0 Å². The molecule has 1 saturated carbocycles. The predicted molar refractivity (Wildman–Crippen MR) is 120 cm³/mol. The van der Waals surface area contributed by atoms with Gasteiger partial charge in [0.1, 0.15) is 0 Å². The summed E-state index contributed by atoms with van der Waals surface area (Å²) in [5.41, 5.74) is 1.95. The van der Waals surface area contributed by atoms with Gasteiger partial charge in [-0.3, -0.25) is 4.79 Å². The molecule has 0 atom stereocenters. The molecule has 1 aliphatic rings. The van der Waals surface area contributed by atoms with Crippen LogP contribution in [0.3, 0.4) is 0 Å².